The fourth-order valence-electron chi connectivity index (χ4n) is 2.20. The Morgan fingerprint density at radius 1 is 1.21 bits per heavy atom. The van der Waals surface area contributed by atoms with E-state index in [1.54, 1.807) is 0 Å². The summed E-state index contributed by atoms with van der Waals surface area (Å²) in [6.45, 7) is 7.63. The lowest BCUT2D eigenvalue weighted by Crippen LogP contribution is -2.24. The van der Waals surface area contributed by atoms with Gasteiger partial charge in [-0.25, -0.2) is 0 Å². The Labute approximate surface area is 120 Å². The van der Waals surface area contributed by atoms with Gasteiger partial charge >= 0.3 is 0 Å². The molecule has 1 heterocycles. The third-order valence-electron chi connectivity index (χ3n) is 3.09. The van der Waals surface area contributed by atoms with E-state index in [-0.39, 0.29) is 0 Å². The van der Waals surface area contributed by atoms with E-state index in [1.165, 1.54) is 10.9 Å². The topological polar surface area (TPSA) is 24.9 Å². The molecule has 0 bridgehead atoms. The van der Waals surface area contributed by atoms with Crippen LogP contribution in [-0.2, 0) is 0 Å². The molecule has 3 heteroatoms. The number of nitrogens with one attached hydrogen (secondary N) is 1. The molecular formula is C16H22N2S. The van der Waals surface area contributed by atoms with E-state index in [4.69, 9.17) is 0 Å². The monoisotopic (exact) mass is 274 g/mol. The second-order valence-electron chi connectivity index (χ2n) is 4.91. The van der Waals surface area contributed by atoms with Crippen molar-refractivity contribution in [2.75, 3.05) is 12.3 Å². The molecule has 1 unspecified atom stereocenters. The lowest BCUT2D eigenvalue weighted by atomic mass is 10.0. The molecule has 0 fully saturated rings. The Balaban J connectivity index is 2.32. The maximum Gasteiger partial charge on any atom is 0.0750 e. The van der Waals surface area contributed by atoms with E-state index in [0.717, 1.165) is 17.8 Å². The van der Waals surface area contributed by atoms with Crippen LogP contribution >= 0.6 is 11.8 Å². The van der Waals surface area contributed by atoms with Crippen LogP contribution in [0.1, 0.15) is 32.4 Å². The fourth-order valence-corrected chi connectivity index (χ4v) is 3.08. The quantitative estimate of drug-likeness (QED) is 0.861. The normalized spacial score (nSPS) is 13.1. The van der Waals surface area contributed by atoms with Crippen LogP contribution in [-0.4, -0.2) is 22.5 Å². The van der Waals surface area contributed by atoms with Crippen molar-refractivity contribution in [1.82, 2.24) is 10.3 Å². The highest BCUT2D eigenvalue weighted by Crippen LogP contribution is 2.26. The molecule has 1 atom stereocenters. The largest absolute Gasteiger partial charge is 0.309 e. The van der Waals surface area contributed by atoms with E-state index in [1.807, 2.05) is 24.0 Å². The molecule has 102 valence electrons. The molecule has 0 radical (unpaired) electrons. The van der Waals surface area contributed by atoms with E-state index < -0.39 is 0 Å². The van der Waals surface area contributed by atoms with E-state index in [2.05, 4.69) is 55.3 Å². The average Bonchev–Trinajstić information content (AvgIpc) is 2.43. The third kappa shape index (κ3) is 3.71. The summed E-state index contributed by atoms with van der Waals surface area (Å²) in [5, 5.41) is 5.46. The van der Waals surface area contributed by atoms with Crippen LogP contribution in [0.3, 0.4) is 0 Å². The zero-order valence-corrected chi connectivity index (χ0v) is 12.7. The average molecular weight is 274 g/mol. The fraction of sp³-hybridized carbons (Fsp3) is 0.438. The Bertz CT molecular complexity index is 520. The van der Waals surface area contributed by atoms with Crippen molar-refractivity contribution in [2.24, 2.45) is 0 Å². The summed E-state index contributed by atoms with van der Waals surface area (Å²) in [5.74, 6) is 1.08. The van der Waals surface area contributed by atoms with Gasteiger partial charge in [0.25, 0.3) is 0 Å². The molecule has 19 heavy (non-hydrogen) atoms. The van der Waals surface area contributed by atoms with Gasteiger partial charge in [-0.05, 0) is 23.4 Å². The molecular weight excluding hydrogens is 252 g/mol. The second-order valence-corrected chi connectivity index (χ2v) is 6.52. The SMILES string of the molecule is CCNC(CSC(C)C)c1cccc2cccnc12. The van der Waals surface area contributed by atoms with Gasteiger partial charge in [0.15, 0.2) is 0 Å². The Morgan fingerprint density at radius 2 is 2.00 bits per heavy atom. The van der Waals surface area contributed by atoms with Crippen LogP contribution in [0.2, 0.25) is 0 Å². The highest BCUT2D eigenvalue weighted by molar-refractivity contribution is 7.99. The molecule has 1 N–H and O–H groups in total. The molecule has 0 saturated carbocycles. The first-order chi connectivity index (χ1) is 9.22. The molecule has 2 nitrogen and oxygen atoms in total. The summed E-state index contributed by atoms with van der Waals surface area (Å²) < 4.78 is 0. The minimum absolute atomic E-state index is 0.371. The van der Waals surface area contributed by atoms with Crippen molar-refractivity contribution < 1.29 is 0 Å². The van der Waals surface area contributed by atoms with Crippen LogP contribution < -0.4 is 5.32 Å². The van der Waals surface area contributed by atoms with Crippen LogP contribution in [0.5, 0.6) is 0 Å². The minimum atomic E-state index is 0.371. The maximum absolute atomic E-state index is 4.56. The van der Waals surface area contributed by atoms with E-state index in [9.17, 15) is 0 Å². The first-order valence-corrected chi connectivity index (χ1v) is 7.96. The van der Waals surface area contributed by atoms with Gasteiger partial charge in [0.2, 0.25) is 0 Å². The Kier molecular flexibility index (Phi) is 5.23. The number of aromatic nitrogens is 1. The van der Waals surface area contributed by atoms with Crippen LogP contribution in [0, 0.1) is 0 Å². The summed E-state index contributed by atoms with van der Waals surface area (Å²) in [5.41, 5.74) is 2.44. The first kappa shape index (κ1) is 14.4. The number of thioether (sulfide) groups is 1. The number of nitrogens with zero attached hydrogens (tertiary/aromatic N) is 1. The summed E-state index contributed by atoms with van der Waals surface area (Å²) in [6, 6.07) is 11.0. The Hall–Kier alpha value is -1.06. The molecule has 1 aromatic heterocycles. The number of hydrogen-bond donors (Lipinski definition) is 1. The van der Waals surface area contributed by atoms with Crippen molar-refractivity contribution in [2.45, 2.75) is 32.1 Å². The van der Waals surface area contributed by atoms with Crippen molar-refractivity contribution >= 4 is 22.7 Å². The zero-order chi connectivity index (χ0) is 13.7. The van der Waals surface area contributed by atoms with Crippen molar-refractivity contribution in [3.63, 3.8) is 0 Å². The second kappa shape index (κ2) is 6.92. The highest BCUT2D eigenvalue weighted by Gasteiger charge is 2.14. The predicted molar refractivity (Wildman–Crippen MR) is 85.8 cm³/mol. The Morgan fingerprint density at radius 3 is 2.74 bits per heavy atom. The molecule has 0 amide bonds. The molecule has 0 aliphatic rings. The van der Waals surface area contributed by atoms with Gasteiger partial charge in [0, 0.05) is 23.4 Å². The molecule has 0 spiro atoms. The molecule has 0 saturated heterocycles. The van der Waals surface area contributed by atoms with Gasteiger partial charge in [-0.2, -0.15) is 11.8 Å². The first-order valence-electron chi connectivity index (χ1n) is 6.91. The molecule has 1 aromatic carbocycles. The standard InChI is InChI=1S/C16H22N2S/c1-4-17-15(11-19-12(2)3)14-9-5-7-13-8-6-10-18-16(13)14/h5-10,12,15,17H,4,11H2,1-3H3. The lowest BCUT2D eigenvalue weighted by molar-refractivity contribution is 0.608. The maximum atomic E-state index is 4.56. The third-order valence-corrected chi connectivity index (χ3v) is 4.28. The van der Waals surface area contributed by atoms with Gasteiger partial charge in [0.05, 0.1) is 5.52 Å². The number of fused-ring (bicyclic) bond motifs is 1. The van der Waals surface area contributed by atoms with Gasteiger partial charge in [-0.1, -0.05) is 45.0 Å². The minimum Gasteiger partial charge on any atom is -0.309 e. The predicted octanol–water partition coefficient (Wildman–Crippen LogP) is 4.03. The molecule has 2 rings (SSSR count). The number of benzene rings is 1. The number of pyridine rings is 1. The van der Waals surface area contributed by atoms with Crippen LogP contribution in [0.4, 0.5) is 0 Å². The van der Waals surface area contributed by atoms with Crippen molar-refractivity contribution in [3.05, 3.63) is 42.1 Å². The molecule has 2 aromatic rings. The van der Waals surface area contributed by atoms with E-state index >= 15 is 0 Å². The number of para-hydroxylation sites is 1. The van der Waals surface area contributed by atoms with E-state index in [0.29, 0.717) is 11.3 Å². The summed E-state index contributed by atoms with van der Waals surface area (Å²) >= 11 is 1.99. The summed E-state index contributed by atoms with van der Waals surface area (Å²) in [7, 11) is 0. The number of rotatable bonds is 6. The van der Waals surface area contributed by atoms with Gasteiger partial charge in [-0.3, -0.25) is 4.98 Å². The number of hydrogen-bond acceptors (Lipinski definition) is 3. The smallest absolute Gasteiger partial charge is 0.0750 e. The highest BCUT2D eigenvalue weighted by atomic mass is 32.2. The van der Waals surface area contributed by atoms with Crippen LogP contribution in [0.15, 0.2) is 36.5 Å². The van der Waals surface area contributed by atoms with Crippen molar-refractivity contribution in [3.8, 4) is 0 Å². The van der Waals surface area contributed by atoms with Crippen molar-refractivity contribution in [1.29, 1.82) is 0 Å². The van der Waals surface area contributed by atoms with Gasteiger partial charge in [0.1, 0.15) is 0 Å². The molecule has 0 aliphatic carbocycles. The van der Waals surface area contributed by atoms with Gasteiger partial charge in [-0.15, -0.1) is 0 Å². The zero-order valence-electron chi connectivity index (χ0n) is 11.9. The van der Waals surface area contributed by atoms with Gasteiger partial charge < -0.3 is 5.32 Å². The summed E-state index contributed by atoms with van der Waals surface area (Å²) in [6.07, 6.45) is 1.88. The van der Waals surface area contributed by atoms with Crippen LogP contribution in [0.25, 0.3) is 10.9 Å². The lowest BCUT2D eigenvalue weighted by Gasteiger charge is -2.20. The summed E-state index contributed by atoms with van der Waals surface area (Å²) in [4.78, 5) is 4.56. The molecule has 0 aliphatic heterocycles.